The van der Waals surface area contributed by atoms with Gasteiger partial charge in [-0.1, -0.05) is 220 Å². The van der Waals surface area contributed by atoms with Crippen LogP contribution >= 0.6 is 0 Å². The van der Waals surface area contributed by atoms with Gasteiger partial charge in [-0.3, -0.25) is 0 Å². The van der Waals surface area contributed by atoms with Crippen LogP contribution in [0.5, 0.6) is 11.5 Å². The summed E-state index contributed by atoms with van der Waals surface area (Å²) in [7, 11) is 0. The molecule has 0 bridgehead atoms. The maximum atomic E-state index is 7.47. The van der Waals surface area contributed by atoms with Gasteiger partial charge in [-0.15, -0.1) is 0 Å². The Morgan fingerprint density at radius 1 is 0.319 bits per heavy atom. The molecule has 3 aliphatic heterocycles. The molecule has 0 amide bonds. The van der Waals surface area contributed by atoms with Gasteiger partial charge in [0, 0.05) is 61.0 Å². The smallest absolute Gasteiger partial charge is 0.256 e. The van der Waals surface area contributed by atoms with Crippen molar-refractivity contribution in [3.63, 3.8) is 0 Å². The third-order valence-corrected chi connectivity index (χ3v) is 21.1. The number of aromatic nitrogens is 3. The molecule has 0 saturated heterocycles. The predicted octanol–water partition coefficient (Wildman–Crippen LogP) is 20.0. The lowest BCUT2D eigenvalue weighted by molar-refractivity contribution is 0.486. The zero-order valence-corrected chi connectivity index (χ0v) is 52.9. The van der Waals surface area contributed by atoms with E-state index in [-0.39, 0.29) is 23.0 Å². The van der Waals surface area contributed by atoms with E-state index in [9.17, 15) is 0 Å². The predicted molar refractivity (Wildman–Crippen MR) is 382 cm³/mol. The number of para-hydroxylation sites is 4. The van der Waals surface area contributed by atoms with E-state index in [1.54, 1.807) is 0 Å². The summed E-state index contributed by atoms with van der Waals surface area (Å²) >= 11 is 0. The normalized spacial score (nSPS) is 14.3. The van der Waals surface area contributed by atoms with E-state index in [4.69, 9.17) is 4.74 Å². The second-order valence-electron chi connectivity index (χ2n) is 29.2. The van der Waals surface area contributed by atoms with Crippen molar-refractivity contribution < 1.29 is 4.74 Å². The zero-order chi connectivity index (χ0) is 61.4. The number of fused-ring (bicyclic) bond motifs is 23. The van der Waals surface area contributed by atoms with Crippen molar-refractivity contribution in [2.24, 2.45) is 0 Å². The number of hydrogen-bond donors (Lipinski definition) is 0. The molecule has 0 N–H and O–H groups in total. The quantitative estimate of drug-likeness (QED) is 0.165. The molecule has 4 aliphatic rings. The van der Waals surface area contributed by atoms with Crippen LogP contribution in [0.25, 0.3) is 93.6 Å². The van der Waals surface area contributed by atoms with Crippen LogP contribution in [0.4, 0.5) is 17.1 Å². The van der Waals surface area contributed by atoms with Gasteiger partial charge in [-0.2, -0.15) is 0 Å². The Morgan fingerprint density at radius 2 is 0.802 bits per heavy atom. The monoisotopic (exact) mass is 1170 g/mol. The van der Waals surface area contributed by atoms with E-state index in [1.165, 1.54) is 121 Å². The Labute approximate surface area is 531 Å². The summed E-state index contributed by atoms with van der Waals surface area (Å²) in [6.45, 7) is 21.0. The summed E-state index contributed by atoms with van der Waals surface area (Å²) in [5, 5.41) is 7.40. The maximum Gasteiger partial charge on any atom is 0.256 e. The number of ether oxygens (including phenoxy) is 1. The van der Waals surface area contributed by atoms with Gasteiger partial charge >= 0.3 is 0 Å². The van der Waals surface area contributed by atoms with Crippen molar-refractivity contribution in [3.05, 3.63) is 282 Å². The fraction of sp³-hybridized carbons (Fsp3) is 0.153. The molecule has 1 aliphatic carbocycles. The van der Waals surface area contributed by atoms with E-state index in [2.05, 4.69) is 324 Å². The zero-order valence-electron chi connectivity index (χ0n) is 52.9. The molecule has 6 heterocycles. The van der Waals surface area contributed by atoms with Crippen molar-refractivity contribution in [2.45, 2.75) is 84.0 Å². The van der Waals surface area contributed by atoms with Crippen molar-refractivity contribution in [2.75, 3.05) is 4.90 Å². The van der Waals surface area contributed by atoms with Crippen LogP contribution in [-0.4, -0.2) is 20.4 Å². The van der Waals surface area contributed by atoms with E-state index in [0.717, 1.165) is 56.3 Å². The van der Waals surface area contributed by atoms with Crippen molar-refractivity contribution in [1.29, 1.82) is 0 Å². The Morgan fingerprint density at radius 3 is 1.41 bits per heavy atom. The fourth-order valence-electron chi connectivity index (χ4n) is 16.9. The first-order valence-corrected chi connectivity index (χ1v) is 32.4. The van der Waals surface area contributed by atoms with E-state index < -0.39 is 5.41 Å². The summed E-state index contributed by atoms with van der Waals surface area (Å²) in [6, 6.07) is 92.5. The van der Waals surface area contributed by atoms with Crippen LogP contribution in [-0.2, 0) is 21.7 Å². The molecule has 3 aromatic heterocycles. The largest absolute Gasteiger partial charge is 0.458 e. The molecular weight excluding hydrogens is 1100 g/mol. The summed E-state index contributed by atoms with van der Waals surface area (Å²) in [4.78, 5) is 2.50. The summed E-state index contributed by atoms with van der Waals surface area (Å²) < 4.78 is 15.2. The minimum atomic E-state index is -0.480. The lowest BCUT2D eigenvalue weighted by atomic mass is 9.34. The highest BCUT2D eigenvalue weighted by atomic mass is 16.5. The standard InChI is InChI=1S/C85H67BN4O/c1-82(2,3)50-34-42-72-62(44-50)63-45-52(84(7,8)9)47-69-79(63)90(72)75-48-55(49-77-78(75)86(69)68-46-51(83(4,5)6)35-43-76(68)91-77)89-71-31-19-13-25-59(71)61-41-40-60-58-24-12-18-30-70(58)88(80(60)81(61)89)54-38-36-53(37-39-54)87-73-32-20-16-28-66(73)85(67-29-17-21-33-74(67)87)64-26-14-10-22-56(64)57-23-11-15-27-65(57)85/h10-49H,1-9H3. The van der Waals surface area contributed by atoms with Gasteiger partial charge < -0.3 is 23.3 Å². The van der Waals surface area contributed by atoms with Gasteiger partial charge in [0.25, 0.3) is 6.71 Å². The highest BCUT2D eigenvalue weighted by Crippen LogP contribution is 2.63. The molecule has 12 aromatic carbocycles. The molecule has 436 valence electrons. The van der Waals surface area contributed by atoms with Gasteiger partial charge in [0.05, 0.1) is 50.1 Å². The molecular formula is C85H67BN4O. The van der Waals surface area contributed by atoms with Gasteiger partial charge in [0.2, 0.25) is 0 Å². The molecule has 0 saturated carbocycles. The topological polar surface area (TPSA) is 27.3 Å². The number of anilines is 3. The summed E-state index contributed by atoms with van der Waals surface area (Å²) in [5.74, 6) is 1.81. The average molecular weight is 1170 g/mol. The summed E-state index contributed by atoms with van der Waals surface area (Å²) in [5.41, 5.74) is 28.8. The van der Waals surface area contributed by atoms with E-state index in [1.807, 2.05) is 0 Å². The third-order valence-electron chi connectivity index (χ3n) is 21.1. The van der Waals surface area contributed by atoms with Crippen LogP contribution in [0.15, 0.2) is 243 Å². The average Bonchev–Trinajstić information content (AvgIpc) is 1.58. The summed E-state index contributed by atoms with van der Waals surface area (Å²) in [6.07, 6.45) is 0. The van der Waals surface area contributed by atoms with Crippen molar-refractivity contribution in [1.82, 2.24) is 13.7 Å². The second-order valence-corrected chi connectivity index (χ2v) is 29.2. The van der Waals surface area contributed by atoms with E-state index >= 15 is 0 Å². The SMILES string of the molecule is CC(C)(C)c1ccc2c(c1)B1c3c(cc(-n4c5ccccc5c5ccc6c7ccccc7n(-c7ccc(N8c9ccccc9C9(c%10ccccc%10-c%10ccccc%109)c9ccccc98)cc7)c6c54)cc3-n3c4ccc(C(C)(C)C)cc4c4cc(C(C)(C)C)cc1c43)O2. The van der Waals surface area contributed by atoms with Crippen molar-refractivity contribution in [3.8, 4) is 39.7 Å². The first-order chi connectivity index (χ1) is 44.1. The first-order valence-electron chi connectivity index (χ1n) is 32.4. The first kappa shape index (κ1) is 52.6. The number of hydrogen-bond acceptors (Lipinski definition) is 2. The lowest BCUT2D eigenvalue weighted by Gasteiger charge is -2.45. The molecule has 0 unspecified atom stereocenters. The Balaban J connectivity index is 0.854. The van der Waals surface area contributed by atoms with Gasteiger partial charge in [-0.25, -0.2) is 0 Å². The van der Waals surface area contributed by atoms with Gasteiger partial charge in [0.1, 0.15) is 11.5 Å². The van der Waals surface area contributed by atoms with Crippen LogP contribution in [0.2, 0.25) is 0 Å². The molecule has 0 fully saturated rings. The van der Waals surface area contributed by atoms with Gasteiger partial charge in [-0.05, 0) is 162 Å². The Bertz CT molecular complexity index is 5620. The van der Waals surface area contributed by atoms with Crippen LogP contribution < -0.4 is 26.0 Å². The maximum absolute atomic E-state index is 7.47. The molecule has 91 heavy (non-hydrogen) atoms. The number of nitrogens with zero attached hydrogens (tertiary/aromatic N) is 4. The van der Waals surface area contributed by atoms with Gasteiger partial charge in [0.15, 0.2) is 0 Å². The molecule has 1 spiro atoms. The molecule has 19 rings (SSSR count). The Hall–Kier alpha value is -10.3. The minimum Gasteiger partial charge on any atom is -0.458 e. The molecule has 6 heteroatoms. The molecule has 5 nitrogen and oxygen atoms in total. The number of rotatable bonds is 3. The third kappa shape index (κ3) is 6.97. The molecule has 15 aromatic rings. The second kappa shape index (κ2) is 18.0. The molecule has 0 radical (unpaired) electrons. The lowest BCUT2D eigenvalue weighted by Crippen LogP contribution is -2.58. The Kier molecular flexibility index (Phi) is 10.4. The van der Waals surface area contributed by atoms with Crippen LogP contribution in [0, 0.1) is 0 Å². The fourth-order valence-corrected chi connectivity index (χ4v) is 16.9. The van der Waals surface area contributed by atoms with Crippen molar-refractivity contribution >= 4 is 106 Å². The van der Waals surface area contributed by atoms with Crippen LogP contribution in [0.1, 0.15) is 101 Å². The highest BCUT2D eigenvalue weighted by Gasteiger charge is 2.52. The number of benzene rings is 12. The minimum absolute atomic E-state index is 0.0357. The molecule has 0 atom stereocenters. The van der Waals surface area contributed by atoms with Crippen LogP contribution in [0.3, 0.4) is 0 Å². The highest BCUT2D eigenvalue weighted by molar-refractivity contribution is 6.99. The van der Waals surface area contributed by atoms with E-state index in [0.29, 0.717) is 0 Å².